The van der Waals surface area contributed by atoms with E-state index in [1.807, 2.05) is 6.92 Å². The molecule has 11 heteroatoms. The van der Waals surface area contributed by atoms with Crippen LogP contribution in [0.3, 0.4) is 0 Å². The molecule has 0 unspecified atom stereocenters. The normalized spacial score (nSPS) is 13.2. The molecule has 2 amide bonds. The van der Waals surface area contributed by atoms with E-state index >= 15 is 0 Å². The monoisotopic (exact) mass is 440 g/mol. The summed E-state index contributed by atoms with van der Waals surface area (Å²) in [5.41, 5.74) is 7.00. The van der Waals surface area contributed by atoms with Gasteiger partial charge < -0.3 is 31.2 Å². The minimum absolute atomic E-state index is 0.0265. The summed E-state index contributed by atoms with van der Waals surface area (Å²) in [6.45, 7) is 4.23. The Balaban J connectivity index is 0.000000523. The molecule has 2 aromatic heterocycles. The number of nitrogens with zero attached hydrogens (tertiary/aromatic N) is 2. The Bertz CT molecular complexity index is 1160. The van der Waals surface area contributed by atoms with Crippen LogP contribution >= 0.6 is 0 Å². The highest BCUT2D eigenvalue weighted by molar-refractivity contribution is 6.08. The summed E-state index contributed by atoms with van der Waals surface area (Å²) >= 11 is 0. The maximum absolute atomic E-state index is 12.5. The number of amides is 2. The molecule has 168 valence electrons. The van der Waals surface area contributed by atoms with Crippen LogP contribution in [0.25, 0.3) is 11.0 Å². The Morgan fingerprint density at radius 2 is 2.09 bits per heavy atom. The lowest BCUT2D eigenvalue weighted by Gasteiger charge is -2.18. The second kappa shape index (κ2) is 9.88. The number of nitrogens with two attached hydrogens (primary N) is 1. The van der Waals surface area contributed by atoms with E-state index in [4.69, 9.17) is 15.6 Å². The van der Waals surface area contributed by atoms with Gasteiger partial charge in [0.25, 0.3) is 11.8 Å². The molecular formula is C21H24N6O5. The third-order valence-electron chi connectivity index (χ3n) is 4.68. The number of carboxylic acid groups (broad SMARTS) is 1. The van der Waals surface area contributed by atoms with E-state index in [0.29, 0.717) is 17.5 Å². The number of aromatic nitrogens is 3. The average molecular weight is 440 g/mol. The Morgan fingerprint density at radius 1 is 1.34 bits per heavy atom. The lowest BCUT2D eigenvalue weighted by atomic mass is 10.1. The highest BCUT2D eigenvalue weighted by atomic mass is 16.5. The van der Waals surface area contributed by atoms with Crippen molar-refractivity contribution >= 4 is 34.5 Å². The number of benzene rings is 1. The molecule has 1 atom stereocenters. The third kappa shape index (κ3) is 5.19. The van der Waals surface area contributed by atoms with E-state index < -0.39 is 11.9 Å². The van der Waals surface area contributed by atoms with Crippen LogP contribution in [0.15, 0.2) is 30.7 Å². The van der Waals surface area contributed by atoms with Crippen molar-refractivity contribution in [3.05, 3.63) is 47.5 Å². The molecular weight excluding hydrogens is 416 g/mol. The molecule has 0 saturated heterocycles. The predicted octanol–water partition coefficient (Wildman–Crippen LogP) is 1.66. The average Bonchev–Trinajstić information content (AvgIpc) is 3.22. The number of hydrogen-bond acceptors (Lipinski definition) is 7. The number of hydrogen-bond donors (Lipinski definition) is 5. The smallest absolute Gasteiger partial charge is 0.339 e. The second-order valence-corrected chi connectivity index (χ2v) is 7.19. The fourth-order valence-electron chi connectivity index (χ4n) is 2.78. The number of aromatic amines is 1. The number of rotatable bonds is 5. The van der Waals surface area contributed by atoms with Gasteiger partial charge in [0, 0.05) is 18.8 Å². The second-order valence-electron chi connectivity index (χ2n) is 7.19. The van der Waals surface area contributed by atoms with E-state index in [1.54, 1.807) is 18.2 Å². The zero-order valence-electron chi connectivity index (χ0n) is 17.6. The van der Waals surface area contributed by atoms with Crippen molar-refractivity contribution in [2.45, 2.75) is 32.9 Å². The van der Waals surface area contributed by atoms with E-state index in [9.17, 15) is 14.4 Å². The van der Waals surface area contributed by atoms with Gasteiger partial charge >= 0.3 is 5.97 Å². The Labute approximate surface area is 183 Å². The van der Waals surface area contributed by atoms with Crippen LogP contribution in [-0.2, 0) is 11.3 Å². The summed E-state index contributed by atoms with van der Waals surface area (Å²) in [6, 6.07) is 5.57. The first kappa shape index (κ1) is 22.7. The molecule has 3 aromatic rings. The van der Waals surface area contributed by atoms with Gasteiger partial charge in [0.05, 0.1) is 11.2 Å². The van der Waals surface area contributed by atoms with Gasteiger partial charge in [-0.15, -0.1) is 0 Å². The fraction of sp³-hybridized carbons (Fsp3) is 0.286. The van der Waals surface area contributed by atoms with E-state index in [1.165, 1.54) is 6.20 Å². The standard InChI is InChI=1S/C17H13N5O5.C4H11N/c23-12-6-27-11-2-1-8(3-10(11)22-12)4-19-16(24)15-14-13(20-7-21-15)9(5-18-14)17(25)26;1-3-4(2)5/h1-3,5,7,18H,4,6H2,(H,19,24)(H,22,23)(H,25,26);4H,3,5H2,1-2H3/t;4-/m.1/s1. The Morgan fingerprint density at radius 3 is 2.78 bits per heavy atom. The van der Waals surface area contributed by atoms with Gasteiger partial charge in [0.15, 0.2) is 12.3 Å². The number of carboxylic acids is 1. The molecule has 32 heavy (non-hydrogen) atoms. The summed E-state index contributed by atoms with van der Waals surface area (Å²) in [4.78, 5) is 45.7. The van der Waals surface area contributed by atoms with Crippen LogP contribution in [0.2, 0.25) is 0 Å². The van der Waals surface area contributed by atoms with Crippen molar-refractivity contribution in [1.82, 2.24) is 20.3 Å². The maximum Gasteiger partial charge on any atom is 0.339 e. The van der Waals surface area contributed by atoms with Crippen molar-refractivity contribution in [1.29, 1.82) is 0 Å². The molecule has 4 rings (SSSR count). The summed E-state index contributed by atoms with van der Waals surface area (Å²) < 4.78 is 5.29. The zero-order chi connectivity index (χ0) is 23.3. The summed E-state index contributed by atoms with van der Waals surface area (Å²) in [5, 5.41) is 14.6. The van der Waals surface area contributed by atoms with Gasteiger partial charge in [0.2, 0.25) is 0 Å². The van der Waals surface area contributed by atoms with Gasteiger partial charge in [-0.2, -0.15) is 0 Å². The molecule has 0 fully saturated rings. The van der Waals surface area contributed by atoms with Crippen LogP contribution < -0.4 is 21.1 Å². The quantitative estimate of drug-likeness (QED) is 0.398. The number of carbonyl (C=O) groups is 3. The molecule has 0 radical (unpaired) electrons. The molecule has 6 N–H and O–H groups in total. The fourth-order valence-corrected chi connectivity index (χ4v) is 2.78. The van der Waals surface area contributed by atoms with E-state index in [0.717, 1.165) is 18.3 Å². The first-order chi connectivity index (χ1) is 15.3. The molecule has 1 aliphatic rings. The molecule has 3 heterocycles. The van der Waals surface area contributed by atoms with Crippen molar-refractivity contribution < 1.29 is 24.2 Å². The molecule has 1 aliphatic heterocycles. The number of H-pyrrole nitrogens is 1. The molecule has 1 aromatic carbocycles. The van der Waals surface area contributed by atoms with Crippen LogP contribution in [0.4, 0.5) is 5.69 Å². The van der Waals surface area contributed by atoms with Crippen molar-refractivity contribution in [3.63, 3.8) is 0 Å². The Kier molecular flexibility index (Phi) is 7.00. The van der Waals surface area contributed by atoms with Gasteiger partial charge in [0.1, 0.15) is 23.2 Å². The minimum atomic E-state index is -1.15. The maximum atomic E-state index is 12.5. The van der Waals surface area contributed by atoms with Gasteiger partial charge in [-0.25, -0.2) is 14.8 Å². The van der Waals surface area contributed by atoms with Crippen LogP contribution in [0.1, 0.15) is 46.7 Å². The topological polar surface area (TPSA) is 172 Å². The number of anilines is 1. The number of fused-ring (bicyclic) bond motifs is 2. The highest BCUT2D eigenvalue weighted by Crippen LogP contribution is 2.28. The van der Waals surface area contributed by atoms with Crippen LogP contribution in [0.5, 0.6) is 5.75 Å². The number of ether oxygens (including phenoxy) is 1. The lowest BCUT2D eigenvalue weighted by molar-refractivity contribution is -0.118. The molecule has 0 bridgehead atoms. The summed E-state index contributed by atoms with van der Waals surface area (Å²) in [5.74, 6) is -1.31. The molecule has 11 nitrogen and oxygen atoms in total. The number of carbonyl (C=O) groups excluding carboxylic acids is 2. The number of aromatic carboxylic acids is 1. The first-order valence-electron chi connectivity index (χ1n) is 9.94. The molecule has 0 spiro atoms. The van der Waals surface area contributed by atoms with Gasteiger partial charge in [-0.05, 0) is 31.0 Å². The first-order valence-corrected chi connectivity index (χ1v) is 9.94. The Hall–Kier alpha value is -3.99. The van der Waals surface area contributed by atoms with E-state index in [2.05, 4.69) is 32.5 Å². The van der Waals surface area contributed by atoms with Gasteiger partial charge in [-0.1, -0.05) is 13.0 Å². The number of nitrogens with one attached hydrogen (secondary N) is 3. The predicted molar refractivity (Wildman–Crippen MR) is 117 cm³/mol. The van der Waals surface area contributed by atoms with Crippen molar-refractivity contribution in [2.24, 2.45) is 5.73 Å². The highest BCUT2D eigenvalue weighted by Gasteiger charge is 2.20. The molecule has 0 aliphatic carbocycles. The summed E-state index contributed by atoms with van der Waals surface area (Å²) in [7, 11) is 0. The van der Waals surface area contributed by atoms with Crippen LogP contribution in [-0.4, -0.2) is 50.5 Å². The van der Waals surface area contributed by atoms with E-state index in [-0.39, 0.29) is 41.3 Å². The third-order valence-corrected chi connectivity index (χ3v) is 4.68. The molecule has 0 saturated carbocycles. The SMILES string of the molecule is CC[C@@H](C)N.O=C1COc2ccc(CNC(=O)c3ncnc4c(C(=O)O)c[nH]c34)cc2N1. The van der Waals surface area contributed by atoms with Gasteiger partial charge in [-0.3, -0.25) is 9.59 Å². The lowest BCUT2D eigenvalue weighted by Crippen LogP contribution is -2.26. The zero-order valence-corrected chi connectivity index (χ0v) is 17.6. The van der Waals surface area contributed by atoms with Crippen LogP contribution in [0, 0.1) is 0 Å². The van der Waals surface area contributed by atoms with Crippen molar-refractivity contribution in [2.75, 3.05) is 11.9 Å². The summed E-state index contributed by atoms with van der Waals surface area (Å²) in [6.07, 6.45) is 3.49. The van der Waals surface area contributed by atoms with Crippen molar-refractivity contribution in [3.8, 4) is 5.75 Å². The minimum Gasteiger partial charge on any atom is -0.482 e. The largest absolute Gasteiger partial charge is 0.482 e.